The highest BCUT2D eigenvalue weighted by Gasteiger charge is 2.29. The van der Waals surface area contributed by atoms with Crippen LogP contribution in [-0.4, -0.2) is 23.9 Å². The van der Waals surface area contributed by atoms with Crippen LogP contribution in [0.2, 0.25) is 0 Å². The fraction of sp³-hybridized carbons (Fsp3) is 0.235. The quantitative estimate of drug-likeness (QED) is 0.826. The smallest absolute Gasteiger partial charge is 0.253 e. The summed E-state index contributed by atoms with van der Waals surface area (Å²) in [4.78, 5) is 14.1. The first-order valence-electron chi connectivity index (χ1n) is 6.94. The molecule has 2 aromatic rings. The predicted molar refractivity (Wildman–Crippen MR) is 76.1 cm³/mol. The van der Waals surface area contributed by atoms with Gasteiger partial charge in [0.2, 0.25) is 0 Å². The molecule has 21 heavy (non-hydrogen) atoms. The standard InChI is InChI=1S/C17H15F2NO/c18-14-6-7-15(16(19)10-14)13-8-9-20(11-13)17(21)12-4-2-1-3-5-12/h1-7,10,13H,8-9,11H2. The van der Waals surface area contributed by atoms with E-state index in [-0.39, 0.29) is 11.8 Å². The summed E-state index contributed by atoms with van der Waals surface area (Å²) in [5.74, 6) is -1.22. The SMILES string of the molecule is O=C(c1ccccc1)N1CCC(c2ccc(F)cc2F)C1. The molecule has 1 aliphatic rings. The lowest BCUT2D eigenvalue weighted by molar-refractivity contribution is 0.0790. The van der Waals surface area contributed by atoms with Crippen molar-refractivity contribution in [2.45, 2.75) is 12.3 Å². The molecule has 2 aromatic carbocycles. The summed E-state index contributed by atoms with van der Waals surface area (Å²) in [6.07, 6.45) is 0.696. The maximum absolute atomic E-state index is 13.8. The molecule has 3 rings (SSSR count). The van der Waals surface area contributed by atoms with Crippen LogP contribution in [0.5, 0.6) is 0 Å². The van der Waals surface area contributed by atoms with E-state index in [2.05, 4.69) is 0 Å². The van der Waals surface area contributed by atoms with Crippen LogP contribution in [0.4, 0.5) is 8.78 Å². The number of carbonyl (C=O) groups excluding carboxylic acids is 1. The fourth-order valence-corrected chi connectivity index (χ4v) is 2.79. The van der Waals surface area contributed by atoms with Crippen molar-refractivity contribution in [3.8, 4) is 0 Å². The molecule has 0 aromatic heterocycles. The van der Waals surface area contributed by atoms with Crippen molar-refractivity contribution in [1.29, 1.82) is 0 Å². The van der Waals surface area contributed by atoms with Crippen molar-refractivity contribution in [1.82, 2.24) is 4.90 Å². The summed E-state index contributed by atoms with van der Waals surface area (Å²) in [7, 11) is 0. The number of carbonyl (C=O) groups is 1. The molecule has 0 aliphatic carbocycles. The Bertz CT molecular complexity index is 657. The number of likely N-dealkylation sites (tertiary alicyclic amines) is 1. The minimum absolute atomic E-state index is 0.0411. The van der Waals surface area contributed by atoms with Crippen molar-refractivity contribution in [3.63, 3.8) is 0 Å². The molecule has 4 heteroatoms. The zero-order valence-corrected chi connectivity index (χ0v) is 11.4. The molecule has 1 unspecified atom stereocenters. The Labute approximate surface area is 122 Å². The summed E-state index contributed by atoms with van der Waals surface area (Å²) in [6, 6.07) is 12.7. The van der Waals surface area contributed by atoms with E-state index in [1.165, 1.54) is 12.1 Å². The third-order valence-corrected chi connectivity index (χ3v) is 3.90. The molecule has 0 spiro atoms. The average Bonchev–Trinajstić information content (AvgIpc) is 2.97. The summed E-state index contributed by atoms with van der Waals surface area (Å²) < 4.78 is 26.8. The molecule has 2 nitrogen and oxygen atoms in total. The van der Waals surface area contributed by atoms with E-state index in [0.29, 0.717) is 30.6 Å². The van der Waals surface area contributed by atoms with Gasteiger partial charge in [-0.25, -0.2) is 8.78 Å². The van der Waals surface area contributed by atoms with Gasteiger partial charge in [0.25, 0.3) is 5.91 Å². The third kappa shape index (κ3) is 2.79. The van der Waals surface area contributed by atoms with E-state index >= 15 is 0 Å². The molecular weight excluding hydrogens is 272 g/mol. The van der Waals surface area contributed by atoms with Gasteiger partial charge >= 0.3 is 0 Å². The Kier molecular flexibility index (Phi) is 3.69. The Morgan fingerprint density at radius 2 is 1.86 bits per heavy atom. The van der Waals surface area contributed by atoms with Crippen LogP contribution >= 0.6 is 0 Å². The molecule has 0 saturated carbocycles. The van der Waals surface area contributed by atoms with E-state index in [4.69, 9.17) is 0 Å². The Morgan fingerprint density at radius 3 is 2.57 bits per heavy atom. The molecule has 1 heterocycles. The van der Waals surface area contributed by atoms with E-state index in [1.807, 2.05) is 18.2 Å². The first kappa shape index (κ1) is 13.7. The number of hydrogen-bond donors (Lipinski definition) is 0. The zero-order chi connectivity index (χ0) is 14.8. The minimum atomic E-state index is -0.577. The van der Waals surface area contributed by atoms with Gasteiger partial charge in [-0.15, -0.1) is 0 Å². The van der Waals surface area contributed by atoms with Gasteiger partial charge < -0.3 is 4.90 Å². The summed E-state index contributed by atoms with van der Waals surface area (Å²) in [5.41, 5.74) is 1.12. The van der Waals surface area contributed by atoms with Gasteiger partial charge in [-0.1, -0.05) is 24.3 Å². The molecule has 1 fully saturated rings. The van der Waals surface area contributed by atoms with Crippen molar-refractivity contribution in [3.05, 3.63) is 71.3 Å². The Morgan fingerprint density at radius 1 is 1.10 bits per heavy atom. The number of rotatable bonds is 2. The lowest BCUT2D eigenvalue weighted by atomic mass is 9.98. The zero-order valence-electron chi connectivity index (χ0n) is 11.4. The molecule has 0 N–H and O–H groups in total. The van der Waals surface area contributed by atoms with Gasteiger partial charge in [0.1, 0.15) is 11.6 Å². The highest BCUT2D eigenvalue weighted by atomic mass is 19.1. The first-order valence-corrected chi connectivity index (χ1v) is 6.94. The van der Waals surface area contributed by atoms with E-state index < -0.39 is 11.6 Å². The topological polar surface area (TPSA) is 20.3 Å². The lowest BCUT2D eigenvalue weighted by Crippen LogP contribution is -2.28. The van der Waals surface area contributed by atoms with Crippen LogP contribution in [-0.2, 0) is 0 Å². The van der Waals surface area contributed by atoms with Crippen LogP contribution < -0.4 is 0 Å². The number of benzene rings is 2. The van der Waals surface area contributed by atoms with Crippen LogP contribution in [0.3, 0.4) is 0 Å². The van der Waals surface area contributed by atoms with Gasteiger partial charge in [0.15, 0.2) is 0 Å². The van der Waals surface area contributed by atoms with Crippen LogP contribution in [0.15, 0.2) is 48.5 Å². The maximum Gasteiger partial charge on any atom is 0.253 e. The number of nitrogens with zero attached hydrogens (tertiary/aromatic N) is 1. The van der Waals surface area contributed by atoms with Crippen LogP contribution in [0.1, 0.15) is 28.3 Å². The van der Waals surface area contributed by atoms with Crippen molar-refractivity contribution in [2.75, 3.05) is 13.1 Å². The van der Waals surface area contributed by atoms with Gasteiger partial charge in [0.05, 0.1) is 0 Å². The second kappa shape index (κ2) is 5.64. The monoisotopic (exact) mass is 287 g/mol. The second-order valence-corrected chi connectivity index (χ2v) is 5.27. The molecule has 0 radical (unpaired) electrons. The molecular formula is C17H15F2NO. The number of hydrogen-bond acceptors (Lipinski definition) is 1. The largest absolute Gasteiger partial charge is 0.338 e. The maximum atomic E-state index is 13.8. The Hall–Kier alpha value is -2.23. The Balaban J connectivity index is 1.75. The summed E-state index contributed by atoms with van der Waals surface area (Å²) in [6.45, 7) is 1.06. The van der Waals surface area contributed by atoms with E-state index in [1.54, 1.807) is 17.0 Å². The molecule has 1 saturated heterocycles. The number of halogens is 2. The van der Waals surface area contributed by atoms with Gasteiger partial charge in [-0.2, -0.15) is 0 Å². The molecule has 1 atom stereocenters. The van der Waals surface area contributed by atoms with Crippen LogP contribution in [0, 0.1) is 11.6 Å². The van der Waals surface area contributed by atoms with Gasteiger partial charge in [-0.05, 0) is 30.2 Å². The average molecular weight is 287 g/mol. The van der Waals surface area contributed by atoms with Gasteiger partial charge in [0, 0.05) is 30.6 Å². The highest BCUT2D eigenvalue weighted by Crippen LogP contribution is 2.30. The van der Waals surface area contributed by atoms with E-state index in [0.717, 1.165) is 6.07 Å². The van der Waals surface area contributed by atoms with Gasteiger partial charge in [-0.3, -0.25) is 4.79 Å². The first-order chi connectivity index (χ1) is 10.1. The molecule has 1 aliphatic heterocycles. The van der Waals surface area contributed by atoms with Crippen molar-refractivity contribution >= 4 is 5.91 Å². The lowest BCUT2D eigenvalue weighted by Gasteiger charge is -2.17. The normalized spacial score (nSPS) is 18.0. The summed E-state index contributed by atoms with van der Waals surface area (Å²) in [5, 5.41) is 0. The molecule has 1 amide bonds. The predicted octanol–water partition coefficient (Wildman–Crippen LogP) is 3.59. The van der Waals surface area contributed by atoms with Crippen molar-refractivity contribution in [2.24, 2.45) is 0 Å². The highest BCUT2D eigenvalue weighted by molar-refractivity contribution is 5.94. The minimum Gasteiger partial charge on any atom is -0.338 e. The molecule has 108 valence electrons. The second-order valence-electron chi connectivity index (χ2n) is 5.27. The van der Waals surface area contributed by atoms with Crippen LogP contribution in [0.25, 0.3) is 0 Å². The molecule has 0 bridgehead atoms. The fourth-order valence-electron chi connectivity index (χ4n) is 2.79. The third-order valence-electron chi connectivity index (χ3n) is 3.90. The van der Waals surface area contributed by atoms with Crippen molar-refractivity contribution < 1.29 is 13.6 Å². The van der Waals surface area contributed by atoms with E-state index in [9.17, 15) is 13.6 Å². The number of amides is 1. The summed E-state index contributed by atoms with van der Waals surface area (Å²) >= 11 is 0.